The Hall–Kier alpha value is -8.90. The van der Waals surface area contributed by atoms with E-state index in [1.54, 1.807) is 39.1 Å². The van der Waals surface area contributed by atoms with Crippen LogP contribution in [0.5, 0.6) is 17.2 Å². The summed E-state index contributed by atoms with van der Waals surface area (Å²) in [6.45, 7) is 10.9. The quantitative estimate of drug-likeness (QED) is 0.0108. The molecule has 2 fully saturated rings. The fourth-order valence-electron chi connectivity index (χ4n) is 13.9. The molecule has 0 bridgehead atoms. The highest BCUT2D eigenvalue weighted by molar-refractivity contribution is 6.19. The molecule has 5 aromatic carbocycles. The number of aliphatic hydroxyl groups is 3. The summed E-state index contributed by atoms with van der Waals surface area (Å²) in [6.07, 6.45) is -0.290. The molecule has 0 unspecified atom stereocenters. The van der Waals surface area contributed by atoms with Gasteiger partial charge in [0.05, 0.1) is 63.3 Å². The van der Waals surface area contributed by atoms with Crippen molar-refractivity contribution in [1.29, 1.82) is 0 Å². The van der Waals surface area contributed by atoms with E-state index < -0.39 is 72.6 Å². The van der Waals surface area contributed by atoms with Gasteiger partial charge in [0, 0.05) is 141 Å². The number of likely N-dealkylation sites (tertiary alicyclic amines) is 1. The maximum absolute atomic E-state index is 14.5. The number of piperidine rings is 1. The third-order valence-electron chi connectivity index (χ3n) is 20.0. The number of nitrogens with zero attached hydrogens (tertiary/aromatic N) is 6. The lowest BCUT2D eigenvalue weighted by Gasteiger charge is -2.35. The van der Waals surface area contributed by atoms with E-state index in [-0.39, 0.29) is 73.4 Å². The van der Waals surface area contributed by atoms with Crippen LogP contribution in [0.1, 0.15) is 97.1 Å². The van der Waals surface area contributed by atoms with Crippen molar-refractivity contribution >= 4 is 91.9 Å². The van der Waals surface area contributed by atoms with Gasteiger partial charge < -0.3 is 84.3 Å². The van der Waals surface area contributed by atoms with Crippen LogP contribution in [0.15, 0.2) is 121 Å². The van der Waals surface area contributed by atoms with E-state index in [4.69, 9.17) is 40.0 Å². The number of carbonyl (C=O) groups excluding carboxylic acids is 6. The summed E-state index contributed by atoms with van der Waals surface area (Å²) in [6, 6.07) is 32.5. The molecule has 0 spiro atoms. The Labute approximate surface area is 628 Å². The predicted octanol–water partition coefficient (Wildman–Crippen LogP) is 7.42. The number of nitrogens with one attached hydrogen (secondary N) is 5. The Kier molecular flexibility index (Phi) is 27.6. The SMILES string of the molecule is CNN(C)Cc1cc2cccnc2n1CCC(=O)N1CCC(NCCOCCOCCC(=O)Nc2ccc(C(=O)N[C@H](C(=O)C[C@@H](C)C(=O)Nc3ccc(COc4cc5c(c6ccccc46)[C@H](CCl)CN5C(=O)C4=Cc5cc(OCCN(C)C)ccc5C4)cc3)C(C)C)c(O[C@H]3OC[C@@H](O)[C@H](O)[C@H]3O)c2)CC1. The number of aromatic nitrogens is 2. The lowest BCUT2D eigenvalue weighted by Crippen LogP contribution is -2.55. The molecule has 5 heterocycles. The number of hydrogen-bond acceptors (Lipinski definition) is 20. The molecule has 8 N–H and O–H groups in total. The first-order valence-corrected chi connectivity index (χ1v) is 37.3. The van der Waals surface area contributed by atoms with Gasteiger partial charge in [-0.1, -0.05) is 63.2 Å². The highest BCUT2D eigenvalue weighted by Gasteiger charge is 2.41. The second-order valence-corrected chi connectivity index (χ2v) is 28.8. The Morgan fingerprint density at radius 2 is 1.54 bits per heavy atom. The number of ketones is 1. The van der Waals surface area contributed by atoms with Gasteiger partial charge >= 0.3 is 0 Å². The summed E-state index contributed by atoms with van der Waals surface area (Å²) >= 11 is 6.65. The number of carbonyl (C=O) groups is 6. The fraction of sp³-hybridized carbons (Fsp3) is 0.463. The average Bonchev–Trinajstić information content (AvgIpc) is 1.59. The van der Waals surface area contributed by atoms with Gasteiger partial charge in [-0.15, -0.1) is 11.6 Å². The first-order chi connectivity index (χ1) is 51.6. The highest BCUT2D eigenvalue weighted by Crippen LogP contribution is 2.47. The number of anilines is 3. The molecular weight excluding hydrogens is 1390 g/mol. The molecule has 0 radical (unpaired) electrons. The number of fused-ring (bicyclic) bond motifs is 5. The smallest absolute Gasteiger partial charge is 0.255 e. The number of likely N-dealkylation sites (N-methyl/N-ethyl adjacent to an activating group) is 1. The van der Waals surface area contributed by atoms with E-state index in [1.807, 2.05) is 122 Å². The second-order valence-electron chi connectivity index (χ2n) is 28.5. The molecule has 107 heavy (non-hydrogen) atoms. The molecular formula is C80H100ClN11O15. The molecule has 1 aliphatic carbocycles. The molecule has 0 saturated carbocycles. The number of pyridine rings is 1. The van der Waals surface area contributed by atoms with Crippen molar-refractivity contribution in [1.82, 2.24) is 40.4 Å². The summed E-state index contributed by atoms with van der Waals surface area (Å²) in [4.78, 5) is 93.6. The van der Waals surface area contributed by atoms with E-state index in [1.165, 1.54) is 18.2 Å². The minimum absolute atomic E-state index is 0.0356. The van der Waals surface area contributed by atoms with Crippen LogP contribution in [-0.4, -0.2) is 218 Å². The van der Waals surface area contributed by atoms with Crippen molar-refractivity contribution in [3.63, 3.8) is 0 Å². The maximum atomic E-state index is 14.5. The number of aliphatic hydroxyl groups excluding tert-OH is 3. The minimum atomic E-state index is -1.73. The molecule has 26 nitrogen and oxygen atoms in total. The Morgan fingerprint density at radius 1 is 0.785 bits per heavy atom. The fourth-order valence-corrected chi connectivity index (χ4v) is 14.1. The molecule has 3 aliphatic heterocycles. The molecule has 5 amide bonds. The first-order valence-electron chi connectivity index (χ1n) is 36.8. The van der Waals surface area contributed by atoms with Crippen molar-refractivity contribution < 1.29 is 72.5 Å². The normalized spacial score (nSPS) is 18.5. The van der Waals surface area contributed by atoms with Crippen molar-refractivity contribution in [3.05, 3.63) is 154 Å². The lowest BCUT2D eigenvalue weighted by molar-refractivity contribution is -0.242. The average molecular weight is 1490 g/mol. The second kappa shape index (κ2) is 37.3. The van der Waals surface area contributed by atoms with Gasteiger partial charge in [-0.2, -0.15) is 0 Å². The highest BCUT2D eigenvalue weighted by atomic mass is 35.5. The number of alkyl halides is 1. The zero-order chi connectivity index (χ0) is 75.8. The number of hydrogen-bond donors (Lipinski definition) is 8. The summed E-state index contributed by atoms with van der Waals surface area (Å²) in [5.41, 5.74) is 11.0. The van der Waals surface area contributed by atoms with Crippen LogP contribution in [0.3, 0.4) is 0 Å². The predicted molar refractivity (Wildman–Crippen MR) is 408 cm³/mol. The summed E-state index contributed by atoms with van der Waals surface area (Å²) in [5.74, 6) is -1.84. The van der Waals surface area contributed by atoms with Crippen LogP contribution < -0.4 is 45.8 Å². The van der Waals surface area contributed by atoms with Gasteiger partial charge in [0.1, 0.15) is 54.4 Å². The molecule has 572 valence electrons. The molecule has 7 aromatic rings. The standard InChI is InChI=1S/C80H100ClN11O15/c1-49(2)73(66(93)37-50(3)77(99)86-58-17-14-51(15-18-58)47-105-68-43-65-72(63-13-9-8-12-62(63)68)56(44-81)45-92(65)79(101)55-38-52-16-20-61(41-54(52)39-55)104-34-31-88(5)6)87-78(100)64-21-19-59(42-69(64)107-80-75(98)74(97)67(94)48-106-80)85-70(95)25-32-102-35-36-103-33-27-83-57-22-28-90(29-23-57)71(96)24-30-91-60(46-89(7)82-4)40-53-11-10-26-84-76(53)91/h8-21,26,39-43,49-50,56-57,67,73-75,80,82-83,94,97-98H,22-25,27-38,44-48H2,1-7H3,(H,85,95)(H,86,99)(H,87,100)/t50-,56-,67-,73+,74+,75-,80-/m1/s1. The van der Waals surface area contributed by atoms with Gasteiger partial charge in [0.15, 0.2) is 5.78 Å². The van der Waals surface area contributed by atoms with Crippen LogP contribution in [0.25, 0.3) is 27.9 Å². The summed E-state index contributed by atoms with van der Waals surface area (Å²) in [5, 5.41) is 48.4. The number of benzene rings is 5. The van der Waals surface area contributed by atoms with E-state index in [9.17, 15) is 44.1 Å². The van der Waals surface area contributed by atoms with Crippen LogP contribution >= 0.6 is 11.6 Å². The molecule has 11 rings (SSSR count). The topological polar surface area (TPSA) is 309 Å². The van der Waals surface area contributed by atoms with Crippen molar-refractivity contribution in [3.8, 4) is 17.2 Å². The Balaban J connectivity index is 0.622. The third kappa shape index (κ3) is 20.3. The van der Waals surface area contributed by atoms with Crippen LogP contribution in [0, 0.1) is 11.8 Å². The third-order valence-corrected chi connectivity index (χ3v) is 20.4. The van der Waals surface area contributed by atoms with Crippen molar-refractivity contribution in [2.45, 2.75) is 122 Å². The first kappa shape index (κ1) is 79.2. The van der Waals surface area contributed by atoms with Crippen molar-refractivity contribution in [2.24, 2.45) is 11.8 Å². The number of amides is 5. The van der Waals surface area contributed by atoms with Crippen molar-refractivity contribution in [2.75, 3.05) is 122 Å². The van der Waals surface area contributed by atoms with E-state index in [2.05, 4.69) is 47.2 Å². The zero-order valence-electron chi connectivity index (χ0n) is 61.9. The van der Waals surface area contributed by atoms with E-state index in [0.29, 0.717) is 94.8 Å². The van der Waals surface area contributed by atoms with E-state index in [0.717, 1.165) is 80.6 Å². The van der Waals surface area contributed by atoms with Gasteiger partial charge in [-0.25, -0.2) is 9.99 Å². The molecule has 4 aliphatic rings. The van der Waals surface area contributed by atoms with Gasteiger partial charge in [0.25, 0.3) is 11.8 Å². The Morgan fingerprint density at radius 3 is 2.29 bits per heavy atom. The number of hydrazine groups is 1. The lowest BCUT2D eigenvalue weighted by atomic mass is 9.92. The summed E-state index contributed by atoms with van der Waals surface area (Å²) in [7, 11) is 7.84. The van der Waals surface area contributed by atoms with Crippen LogP contribution in [0.2, 0.25) is 0 Å². The van der Waals surface area contributed by atoms with Gasteiger partial charge in [-0.05, 0) is 128 Å². The Bertz CT molecular complexity index is 4300. The monoisotopic (exact) mass is 1490 g/mol. The minimum Gasteiger partial charge on any atom is -0.492 e. The van der Waals surface area contributed by atoms with Crippen LogP contribution in [-0.2, 0) is 64.3 Å². The largest absolute Gasteiger partial charge is 0.492 e. The molecule has 2 saturated heterocycles. The number of rotatable bonds is 36. The number of aryl methyl sites for hydroxylation is 1. The number of Topliss-reactive ketones (excluding diaryl/α,β-unsaturated/α-hetero) is 1. The molecule has 2 aromatic heterocycles. The van der Waals surface area contributed by atoms with Crippen LogP contribution in [0.4, 0.5) is 17.1 Å². The number of halogens is 1. The van der Waals surface area contributed by atoms with Gasteiger partial charge in [-0.3, -0.25) is 34.2 Å². The maximum Gasteiger partial charge on any atom is 0.255 e. The number of ether oxygens (including phenoxy) is 6. The molecule has 7 atom stereocenters. The van der Waals surface area contributed by atoms with E-state index >= 15 is 0 Å². The molecule has 27 heteroatoms. The summed E-state index contributed by atoms with van der Waals surface area (Å²) < 4.78 is 37.7. The van der Waals surface area contributed by atoms with Gasteiger partial charge in [0.2, 0.25) is 24.0 Å². The zero-order valence-corrected chi connectivity index (χ0v) is 62.7.